The second kappa shape index (κ2) is 11.7. The van der Waals surface area contributed by atoms with E-state index in [-0.39, 0.29) is 0 Å². The number of hydrogen-bond donors (Lipinski definition) is 2. The number of halogens is 1. The van der Waals surface area contributed by atoms with Crippen molar-refractivity contribution in [1.29, 1.82) is 0 Å². The standard InChI is InChI=1S/C7H18N2.CH2ClNO/c1-4-9(5-2)7-6-8-3;2-1(3)4/h8H,4-7H2,1-3H3;(H2,3,4). The third kappa shape index (κ3) is 18.6. The van der Waals surface area contributed by atoms with E-state index in [0.717, 1.165) is 19.6 Å². The van der Waals surface area contributed by atoms with Gasteiger partial charge >= 0.3 is 5.37 Å². The minimum Gasteiger partial charge on any atom is -0.356 e. The van der Waals surface area contributed by atoms with E-state index >= 15 is 0 Å². The van der Waals surface area contributed by atoms with Gasteiger partial charge in [-0.3, -0.25) is 4.79 Å². The van der Waals surface area contributed by atoms with Gasteiger partial charge in [-0.1, -0.05) is 13.8 Å². The van der Waals surface area contributed by atoms with E-state index in [0.29, 0.717) is 0 Å². The zero-order valence-corrected chi connectivity index (χ0v) is 9.40. The van der Waals surface area contributed by atoms with Gasteiger partial charge < -0.3 is 16.0 Å². The largest absolute Gasteiger partial charge is 0.356 e. The van der Waals surface area contributed by atoms with Crippen LogP contribution in [0.2, 0.25) is 0 Å². The molecule has 4 nitrogen and oxygen atoms in total. The van der Waals surface area contributed by atoms with Gasteiger partial charge in [-0.2, -0.15) is 0 Å². The van der Waals surface area contributed by atoms with Crippen LogP contribution in [0.15, 0.2) is 0 Å². The van der Waals surface area contributed by atoms with Gasteiger partial charge in [0.15, 0.2) is 0 Å². The Morgan fingerprint density at radius 2 is 1.85 bits per heavy atom. The molecule has 0 saturated carbocycles. The number of primary amides is 1. The van der Waals surface area contributed by atoms with Crippen molar-refractivity contribution >= 4 is 17.0 Å². The summed E-state index contributed by atoms with van der Waals surface area (Å²) in [7, 11) is 1.99. The minimum atomic E-state index is -0.861. The Hall–Kier alpha value is -0.320. The Morgan fingerprint density at radius 3 is 2.08 bits per heavy atom. The fourth-order valence-corrected chi connectivity index (χ4v) is 0.810. The molecule has 0 rings (SSSR count). The second-order valence-corrected chi connectivity index (χ2v) is 2.81. The molecule has 0 spiro atoms. The predicted molar refractivity (Wildman–Crippen MR) is 57.2 cm³/mol. The average molecular weight is 210 g/mol. The van der Waals surface area contributed by atoms with Crippen LogP contribution in [0.5, 0.6) is 0 Å². The van der Waals surface area contributed by atoms with Crippen molar-refractivity contribution in [3.63, 3.8) is 0 Å². The molecule has 0 radical (unpaired) electrons. The lowest BCUT2D eigenvalue weighted by molar-refractivity contribution is 0.266. The lowest BCUT2D eigenvalue weighted by atomic mass is 10.5. The molecule has 80 valence electrons. The highest BCUT2D eigenvalue weighted by Gasteiger charge is 1.94. The summed E-state index contributed by atoms with van der Waals surface area (Å²) in [6, 6.07) is 0. The number of amides is 1. The van der Waals surface area contributed by atoms with Crippen molar-refractivity contribution in [3.8, 4) is 0 Å². The molecule has 0 saturated heterocycles. The van der Waals surface area contributed by atoms with Gasteiger partial charge in [0.25, 0.3) is 0 Å². The minimum absolute atomic E-state index is 0.861. The smallest absolute Gasteiger partial charge is 0.311 e. The molecule has 1 amide bonds. The Labute approximate surface area is 85.4 Å². The van der Waals surface area contributed by atoms with Crippen LogP contribution in [0, 0.1) is 0 Å². The van der Waals surface area contributed by atoms with Crippen molar-refractivity contribution in [3.05, 3.63) is 0 Å². The molecule has 0 aromatic heterocycles. The average Bonchev–Trinajstić information content (AvgIpc) is 2.06. The quantitative estimate of drug-likeness (QED) is 0.522. The normalized spacial score (nSPS) is 9.31. The fraction of sp³-hybridized carbons (Fsp3) is 0.875. The van der Waals surface area contributed by atoms with E-state index in [1.165, 1.54) is 6.54 Å². The highest BCUT2D eigenvalue weighted by atomic mass is 35.5. The van der Waals surface area contributed by atoms with E-state index in [9.17, 15) is 0 Å². The van der Waals surface area contributed by atoms with Gasteiger partial charge in [0.2, 0.25) is 0 Å². The van der Waals surface area contributed by atoms with Crippen molar-refractivity contribution in [2.75, 3.05) is 33.2 Å². The zero-order valence-electron chi connectivity index (χ0n) is 8.64. The Kier molecular flexibility index (Phi) is 13.6. The van der Waals surface area contributed by atoms with Crippen LogP contribution in [-0.2, 0) is 0 Å². The molecule has 0 aliphatic rings. The van der Waals surface area contributed by atoms with Crippen LogP contribution < -0.4 is 11.1 Å². The summed E-state index contributed by atoms with van der Waals surface area (Å²) >= 11 is 4.41. The molecule has 0 aliphatic carbocycles. The van der Waals surface area contributed by atoms with Gasteiger partial charge in [-0.15, -0.1) is 0 Å². The lowest BCUT2D eigenvalue weighted by Crippen LogP contribution is -2.30. The van der Waals surface area contributed by atoms with Crippen LogP contribution in [0.3, 0.4) is 0 Å². The number of nitrogens with zero attached hydrogens (tertiary/aromatic N) is 1. The third-order valence-electron chi connectivity index (χ3n) is 1.57. The van der Waals surface area contributed by atoms with Crippen LogP contribution >= 0.6 is 11.6 Å². The van der Waals surface area contributed by atoms with E-state index < -0.39 is 5.37 Å². The number of rotatable bonds is 5. The SMILES string of the molecule is CCN(CC)CCNC.NC(=O)Cl. The summed E-state index contributed by atoms with van der Waals surface area (Å²) in [5, 5.41) is 2.26. The maximum Gasteiger partial charge on any atom is 0.311 e. The van der Waals surface area contributed by atoms with Crippen molar-refractivity contribution in [2.24, 2.45) is 5.73 Å². The fourth-order valence-electron chi connectivity index (χ4n) is 0.810. The van der Waals surface area contributed by atoms with Crippen molar-refractivity contribution in [2.45, 2.75) is 13.8 Å². The predicted octanol–water partition coefficient (Wildman–Crippen LogP) is 0.851. The first-order valence-electron chi connectivity index (χ1n) is 4.40. The maximum absolute atomic E-state index is 8.99. The van der Waals surface area contributed by atoms with Crippen molar-refractivity contribution < 1.29 is 4.79 Å². The number of carbonyl (C=O) groups excluding carboxylic acids is 1. The van der Waals surface area contributed by atoms with Crippen molar-refractivity contribution in [1.82, 2.24) is 10.2 Å². The topological polar surface area (TPSA) is 58.4 Å². The third-order valence-corrected chi connectivity index (χ3v) is 1.57. The highest BCUT2D eigenvalue weighted by Crippen LogP contribution is 1.82. The zero-order chi connectivity index (χ0) is 10.7. The van der Waals surface area contributed by atoms with Gasteiger partial charge in [0.1, 0.15) is 0 Å². The first kappa shape index (κ1) is 15.2. The molecule has 0 aliphatic heterocycles. The molecule has 5 heteroatoms. The van der Waals surface area contributed by atoms with E-state index in [4.69, 9.17) is 4.79 Å². The summed E-state index contributed by atoms with van der Waals surface area (Å²) in [6.45, 7) is 8.99. The summed E-state index contributed by atoms with van der Waals surface area (Å²) in [4.78, 5) is 11.4. The number of nitrogens with two attached hydrogens (primary N) is 1. The second-order valence-electron chi connectivity index (χ2n) is 2.43. The Bertz CT molecular complexity index is 114. The van der Waals surface area contributed by atoms with E-state index in [2.05, 4.69) is 41.4 Å². The molecule has 0 aromatic carbocycles. The summed E-state index contributed by atoms with van der Waals surface area (Å²) in [5.41, 5.74) is 4.24. The first-order chi connectivity index (χ1) is 6.08. The summed E-state index contributed by atoms with van der Waals surface area (Å²) < 4.78 is 0. The van der Waals surface area contributed by atoms with Crippen LogP contribution in [0.4, 0.5) is 4.79 Å². The number of hydrogen-bond acceptors (Lipinski definition) is 3. The van der Waals surface area contributed by atoms with E-state index in [1.807, 2.05) is 7.05 Å². The maximum atomic E-state index is 8.99. The van der Waals surface area contributed by atoms with Crippen LogP contribution in [0.25, 0.3) is 0 Å². The molecule has 3 N–H and O–H groups in total. The number of nitrogens with one attached hydrogen (secondary N) is 1. The van der Waals surface area contributed by atoms with Gasteiger partial charge in [0, 0.05) is 13.1 Å². The van der Waals surface area contributed by atoms with E-state index in [1.54, 1.807) is 0 Å². The van der Waals surface area contributed by atoms with Gasteiger partial charge in [0.05, 0.1) is 0 Å². The first-order valence-corrected chi connectivity index (χ1v) is 4.78. The lowest BCUT2D eigenvalue weighted by Gasteiger charge is -2.16. The Morgan fingerprint density at radius 1 is 1.46 bits per heavy atom. The molecule has 0 bridgehead atoms. The number of carbonyl (C=O) groups is 1. The molecular formula is C8H20ClN3O. The summed E-state index contributed by atoms with van der Waals surface area (Å²) in [5.74, 6) is 0. The van der Waals surface area contributed by atoms with Gasteiger partial charge in [-0.25, -0.2) is 0 Å². The number of likely N-dealkylation sites (N-methyl/N-ethyl adjacent to an activating group) is 2. The van der Waals surface area contributed by atoms with Crippen LogP contribution in [0.1, 0.15) is 13.8 Å². The molecule has 0 fully saturated rings. The Balaban J connectivity index is 0. The monoisotopic (exact) mass is 209 g/mol. The van der Waals surface area contributed by atoms with Crippen LogP contribution in [-0.4, -0.2) is 43.5 Å². The highest BCUT2D eigenvalue weighted by molar-refractivity contribution is 6.62. The van der Waals surface area contributed by atoms with Gasteiger partial charge in [-0.05, 0) is 31.7 Å². The summed E-state index contributed by atoms with van der Waals surface area (Å²) in [6.07, 6.45) is 0. The molecule has 13 heavy (non-hydrogen) atoms. The molecule has 0 heterocycles. The molecule has 0 atom stereocenters. The molecule has 0 unspecified atom stereocenters. The molecular weight excluding hydrogens is 190 g/mol. The molecule has 0 aromatic rings.